The standard InChI is InChI=1S/C19H22Cl2N2O2/c1-12(2)11-25-19(24)23(16-4-5-16)10-15-7-14(6-13(3)9-22)8-17(20)18(15)21/h7-8,12,16H,3-6,10-11H2,1-2H3. The first kappa shape index (κ1) is 19.6. The average Bonchev–Trinajstić information content (AvgIpc) is 3.39. The lowest BCUT2D eigenvalue weighted by atomic mass is 10.0. The minimum absolute atomic E-state index is 0.187. The van der Waals surface area contributed by atoms with Crippen LogP contribution in [0.15, 0.2) is 24.3 Å². The molecule has 1 saturated carbocycles. The fraction of sp³-hybridized carbons (Fsp3) is 0.474. The maximum absolute atomic E-state index is 12.4. The Kier molecular flexibility index (Phi) is 6.75. The zero-order valence-electron chi connectivity index (χ0n) is 14.5. The maximum Gasteiger partial charge on any atom is 0.410 e. The van der Waals surface area contributed by atoms with E-state index >= 15 is 0 Å². The Morgan fingerprint density at radius 1 is 1.44 bits per heavy atom. The van der Waals surface area contributed by atoms with Gasteiger partial charge in [-0.1, -0.05) is 49.7 Å². The molecule has 0 heterocycles. The van der Waals surface area contributed by atoms with E-state index in [0.717, 1.165) is 24.0 Å². The van der Waals surface area contributed by atoms with E-state index in [-0.39, 0.29) is 18.1 Å². The van der Waals surface area contributed by atoms with Crippen molar-refractivity contribution in [2.45, 2.75) is 45.7 Å². The molecule has 1 aliphatic rings. The van der Waals surface area contributed by atoms with Crippen LogP contribution in [-0.4, -0.2) is 23.6 Å². The van der Waals surface area contributed by atoms with Crippen LogP contribution in [0.4, 0.5) is 4.79 Å². The third kappa shape index (κ3) is 5.66. The second-order valence-electron chi connectivity index (χ2n) is 6.77. The average molecular weight is 381 g/mol. The molecule has 6 heteroatoms. The summed E-state index contributed by atoms with van der Waals surface area (Å²) < 4.78 is 5.38. The number of nitrogens with zero attached hydrogens (tertiary/aromatic N) is 2. The topological polar surface area (TPSA) is 53.3 Å². The Bertz CT molecular complexity index is 706. The van der Waals surface area contributed by atoms with Gasteiger partial charge in [0.1, 0.15) is 0 Å². The number of carbonyl (C=O) groups excluding carboxylic acids is 1. The molecule has 0 unspecified atom stereocenters. The maximum atomic E-state index is 12.4. The molecule has 2 rings (SSSR count). The molecular weight excluding hydrogens is 359 g/mol. The van der Waals surface area contributed by atoms with Gasteiger partial charge in [-0.25, -0.2) is 4.79 Å². The van der Waals surface area contributed by atoms with E-state index in [1.54, 1.807) is 11.0 Å². The van der Waals surface area contributed by atoms with Gasteiger partial charge in [0.05, 0.1) is 29.3 Å². The molecule has 134 valence electrons. The predicted octanol–water partition coefficient (Wildman–Crippen LogP) is 5.37. The van der Waals surface area contributed by atoms with E-state index in [9.17, 15) is 4.79 Å². The third-order valence-corrected chi connectivity index (χ3v) is 4.68. The van der Waals surface area contributed by atoms with Gasteiger partial charge in [-0.3, -0.25) is 0 Å². The van der Waals surface area contributed by atoms with Crippen molar-refractivity contribution in [2.24, 2.45) is 5.92 Å². The highest BCUT2D eigenvalue weighted by Gasteiger charge is 2.34. The zero-order chi connectivity index (χ0) is 18.6. The highest BCUT2D eigenvalue weighted by atomic mass is 35.5. The quantitative estimate of drug-likeness (QED) is 0.597. The summed E-state index contributed by atoms with van der Waals surface area (Å²) in [4.78, 5) is 14.1. The summed E-state index contributed by atoms with van der Waals surface area (Å²) in [6.45, 7) is 8.42. The number of allylic oxidation sites excluding steroid dienone is 1. The van der Waals surface area contributed by atoms with Gasteiger partial charge in [-0.2, -0.15) is 5.26 Å². The second-order valence-corrected chi connectivity index (χ2v) is 7.56. The van der Waals surface area contributed by atoms with Crippen LogP contribution in [0.2, 0.25) is 10.0 Å². The molecule has 0 saturated heterocycles. The Hall–Kier alpha value is -1.70. The number of nitriles is 1. The normalized spacial score (nSPS) is 13.4. The number of benzene rings is 1. The molecular formula is C19H22Cl2N2O2. The van der Waals surface area contributed by atoms with Gasteiger partial charge >= 0.3 is 6.09 Å². The van der Waals surface area contributed by atoms with E-state index in [0.29, 0.717) is 35.2 Å². The van der Waals surface area contributed by atoms with Crippen LogP contribution in [0, 0.1) is 17.2 Å². The molecule has 1 amide bonds. The monoisotopic (exact) mass is 380 g/mol. The molecule has 0 atom stereocenters. The summed E-state index contributed by atoms with van der Waals surface area (Å²) in [7, 11) is 0. The third-order valence-electron chi connectivity index (χ3n) is 3.84. The van der Waals surface area contributed by atoms with Crippen molar-refractivity contribution < 1.29 is 9.53 Å². The predicted molar refractivity (Wildman–Crippen MR) is 99.7 cm³/mol. The van der Waals surface area contributed by atoms with E-state index in [2.05, 4.69) is 6.58 Å². The first-order valence-corrected chi connectivity index (χ1v) is 9.05. The summed E-state index contributed by atoms with van der Waals surface area (Å²) >= 11 is 12.6. The minimum Gasteiger partial charge on any atom is -0.449 e. The van der Waals surface area contributed by atoms with Crippen molar-refractivity contribution in [3.63, 3.8) is 0 Å². The summed E-state index contributed by atoms with van der Waals surface area (Å²) in [5.74, 6) is 0.281. The van der Waals surface area contributed by atoms with Gasteiger partial charge in [0.15, 0.2) is 0 Å². The highest BCUT2D eigenvalue weighted by Crippen LogP contribution is 2.33. The van der Waals surface area contributed by atoms with Gasteiger partial charge in [-0.05, 0) is 36.0 Å². The van der Waals surface area contributed by atoms with Crippen molar-refractivity contribution >= 4 is 29.3 Å². The van der Waals surface area contributed by atoms with Gasteiger partial charge in [0.2, 0.25) is 0 Å². The van der Waals surface area contributed by atoms with E-state index in [1.165, 1.54) is 0 Å². The van der Waals surface area contributed by atoms with Crippen molar-refractivity contribution in [3.8, 4) is 6.07 Å². The smallest absolute Gasteiger partial charge is 0.410 e. The van der Waals surface area contributed by atoms with Crippen LogP contribution < -0.4 is 0 Å². The summed E-state index contributed by atoms with van der Waals surface area (Å²) in [5, 5.41) is 9.75. The molecule has 1 aliphatic carbocycles. The molecule has 1 fully saturated rings. The molecule has 0 aromatic heterocycles. The first-order chi connectivity index (χ1) is 11.8. The fourth-order valence-corrected chi connectivity index (χ4v) is 2.88. The van der Waals surface area contributed by atoms with Gasteiger partial charge < -0.3 is 9.64 Å². The van der Waals surface area contributed by atoms with Crippen molar-refractivity contribution in [1.29, 1.82) is 5.26 Å². The van der Waals surface area contributed by atoms with Gasteiger partial charge in [-0.15, -0.1) is 0 Å². The van der Waals surface area contributed by atoms with Crippen LogP contribution in [0.1, 0.15) is 37.8 Å². The van der Waals surface area contributed by atoms with Crippen LogP contribution in [0.5, 0.6) is 0 Å². The lowest BCUT2D eigenvalue weighted by Crippen LogP contribution is -2.34. The van der Waals surface area contributed by atoms with Crippen LogP contribution in [0.25, 0.3) is 0 Å². The van der Waals surface area contributed by atoms with E-state index < -0.39 is 0 Å². The minimum atomic E-state index is -0.324. The van der Waals surface area contributed by atoms with Crippen molar-refractivity contribution in [1.82, 2.24) is 4.90 Å². The number of carbonyl (C=O) groups is 1. The van der Waals surface area contributed by atoms with E-state index in [1.807, 2.05) is 26.0 Å². The largest absolute Gasteiger partial charge is 0.449 e. The van der Waals surface area contributed by atoms with Gasteiger partial charge in [0.25, 0.3) is 0 Å². The lowest BCUT2D eigenvalue weighted by molar-refractivity contribution is 0.0870. The molecule has 4 nitrogen and oxygen atoms in total. The lowest BCUT2D eigenvalue weighted by Gasteiger charge is -2.23. The van der Waals surface area contributed by atoms with Crippen LogP contribution >= 0.6 is 23.2 Å². The van der Waals surface area contributed by atoms with Crippen LogP contribution in [-0.2, 0) is 17.7 Å². The highest BCUT2D eigenvalue weighted by molar-refractivity contribution is 6.42. The number of amides is 1. The molecule has 0 bridgehead atoms. The Balaban J connectivity index is 2.19. The summed E-state index contributed by atoms with van der Waals surface area (Å²) in [6, 6.07) is 5.82. The summed E-state index contributed by atoms with van der Waals surface area (Å²) in [5.41, 5.74) is 2.05. The number of rotatable bonds is 7. The van der Waals surface area contributed by atoms with Crippen molar-refractivity contribution in [2.75, 3.05) is 6.61 Å². The van der Waals surface area contributed by atoms with E-state index in [4.69, 9.17) is 33.2 Å². The second kappa shape index (κ2) is 8.60. The molecule has 25 heavy (non-hydrogen) atoms. The number of halogens is 2. The molecule has 1 aromatic rings. The fourth-order valence-electron chi connectivity index (χ4n) is 2.44. The molecule has 0 radical (unpaired) electrons. The van der Waals surface area contributed by atoms with Crippen LogP contribution in [0.3, 0.4) is 0 Å². The Labute approximate surface area is 159 Å². The van der Waals surface area contributed by atoms with Crippen molar-refractivity contribution in [3.05, 3.63) is 45.5 Å². The number of hydrogen-bond donors (Lipinski definition) is 0. The van der Waals surface area contributed by atoms with Gasteiger partial charge in [0, 0.05) is 18.0 Å². The molecule has 1 aromatic carbocycles. The molecule has 0 spiro atoms. The molecule has 0 aliphatic heterocycles. The summed E-state index contributed by atoms with van der Waals surface area (Å²) in [6.07, 6.45) is 2.01. The number of hydrogen-bond acceptors (Lipinski definition) is 3. The SMILES string of the molecule is C=C(C#N)Cc1cc(Cl)c(Cl)c(CN(C(=O)OCC(C)C)C2CC2)c1. The Morgan fingerprint density at radius 2 is 2.12 bits per heavy atom. The number of ether oxygens (including phenoxy) is 1. The Morgan fingerprint density at radius 3 is 2.68 bits per heavy atom. The zero-order valence-corrected chi connectivity index (χ0v) is 16.0. The molecule has 0 N–H and O–H groups in total. The first-order valence-electron chi connectivity index (χ1n) is 8.29.